The summed E-state index contributed by atoms with van der Waals surface area (Å²) in [6.45, 7) is 3.00. The molecule has 1 aromatic heterocycles. The van der Waals surface area contributed by atoms with Crippen molar-refractivity contribution in [3.8, 4) is 17.0 Å². The second-order valence-electron chi connectivity index (χ2n) is 3.92. The fourth-order valence-electron chi connectivity index (χ4n) is 1.79. The van der Waals surface area contributed by atoms with Crippen molar-refractivity contribution in [3.63, 3.8) is 0 Å². The highest BCUT2D eigenvalue weighted by Gasteiger charge is 2.07. The molecule has 0 bridgehead atoms. The molecule has 0 radical (unpaired) electrons. The number of hydrogen-bond donors (Lipinski definition) is 1. The van der Waals surface area contributed by atoms with E-state index in [9.17, 15) is 0 Å². The summed E-state index contributed by atoms with van der Waals surface area (Å²) < 4.78 is 11.2. The third kappa shape index (κ3) is 3.39. The number of rotatable bonds is 5. The fraction of sp³-hybridized carbons (Fsp3) is 0.286. The maximum atomic E-state index is 5.35. The molecule has 0 aliphatic carbocycles. The first-order valence-electron chi connectivity index (χ1n) is 6.06. The Morgan fingerprint density at radius 1 is 1.32 bits per heavy atom. The number of aromatic nitrogens is 2. The van der Waals surface area contributed by atoms with E-state index in [2.05, 4.69) is 9.97 Å². The summed E-state index contributed by atoms with van der Waals surface area (Å²) in [7, 11) is 1.65. The maximum absolute atomic E-state index is 5.35. The summed E-state index contributed by atoms with van der Waals surface area (Å²) in [5.74, 6) is 1.51. The van der Waals surface area contributed by atoms with E-state index < -0.39 is 0 Å². The van der Waals surface area contributed by atoms with E-state index >= 15 is 0 Å². The molecular formula is C14H16N2O2S. The van der Waals surface area contributed by atoms with E-state index in [0.29, 0.717) is 17.9 Å². The molecule has 4 nitrogen and oxygen atoms in total. The topological polar surface area (TPSA) is 47.1 Å². The standard InChI is InChI=1S/C14H16N2O2S/c1-3-18-9-13-15-11(8-14(19)16-13)10-6-4-5-7-12(10)17-2/h4-8H,3,9H2,1-2H3,(H,15,16,19). The highest BCUT2D eigenvalue weighted by Crippen LogP contribution is 2.27. The third-order valence-electron chi connectivity index (χ3n) is 2.63. The van der Waals surface area contributed by atoms with Gasteiger partial charge in [0.1, 0.15) is 22.8 Å². The smallest absolute Gasteiger partial charge is 0.134 e. The molecule has 0 aliphatic heterocycles. The van der Waals surface area contributed by atoms with Crippen LogP contribution in [0.4, 0.5) is 0 Å². The van der Waals surface area contributed by atoms with Crippen molar-refractivity contribution in [2.45, 2.75) is 13.5 Å². The molecule has 0 unspecified atom stereocenters. The number of ether oxygens (including phenoxy) is 2. The zero-order valence-corrected chi connectivity index (χ0v) is 11.8. The summed E-state index contributed by atoms with van der Waals surface area (Å²) >= 11 is 5.19. The molecule has 19 heavy (non-hydrogen) atoms. The van der Waals surface area contributed by atoms with Gasteiger partial charge in [-0.3, -0.25) is 0 Å². The minimum atomic E-state index is 0.420. The van der Waals surface area contributed by atoms with Crippen LogP contribution in [-0.2, 0) is 11.3 Å². The predicted octanol–water partition coefficient (Wildman–Crippen LogP) is 3.35. The van der Waals surface area contributed by atoms with Gasteiger partial charge in [0.25, 0.3) is 0 Å². The van der Waals surface area contributed by atoms with Gasteiger partial charge in [-0.25, -0.2) is 4.98 Å². The van der Waals surface area contributed by atoms with Gasteiger partial charge in [0.05, 0.1) is 12.8 Å². The first-order valence-corrected chi connectivity index (χ1v) is 6.46. The summed E-state index contributed by atoms with van der Waals surface area (Å²) in [5.41, 5.74) is 1.84. The molecule has 2 aromatic rings. The molecule has 100 valence electrons. The molecule has 5 heteroatoms. The van der Waals surface area contributed by atoms with Crippen LogP contribution in [0, 0.1) is 4.64 Å². The Labute approximate surface area is 117 Å². The summed E-state index contributed by atoms with van der Waals surface area (Å²) in [6.07, 6.45) is 0. The highest BCUT2D eigenvalue weighted by atomic mass is 32.1. The number of H-pyrrole nitrogens is 1. The summed E-state index contributed by atoms with van der Waals surface area (Å²) in [6, 6.07) is 9.60. The number of nitrogens with zero attached hydrogens (tertiary/aromatic N) is 1. The lowest BCUT2D eigenvalue weighted by molar-refractivity contribution is 0.128. The Morgan fingerprint density at radius 3 is 2.84 bits per heavy atom. The maximum Gasteiger partial charge on any atom is 0.134 e. The second-order valence-corrected chi connectivity index (χ2v) is 4.34. The van der Waals surface area contributed by atoms with Crippen molar-refractivity contribution in [1.29, 1.82) is 0 Å². The van der Waals surface area contributed by atoms with Crippen LogP contribution in [0.25, 0.3) is 11.3 Å². The lowest BCUT2D eigenvalue weighted by Gasteiger charge is -2.10. The molecule has 0 atom stereocenters. The van der Waals surface area contributed by atoms with Crippen molar-refractivity contribution < 1.29 is 9.47 Å². The summed E-state index contributed by atoms with van der Waals surface area (Å²) in [4.78, 5) is 7.47. The monoisotopic (exact) mass is 276 g/mol. The van der Waals surface area contributed by atoms with Crippen molar-refractivity contribution in [3.05, 3.63) is 40.8 Å². The van der Waals surface area contributed by atoms with Crippen molar-refractivity contribution in [1.82, 2.24) is 9.97 Å². The Hall–Kier alpha value is -1.72. The normalized spacial score (nSPS) is 10.4. The van der Waals surface area contributed by atoms with Crippen LogP contribution < -0.4 is 4.74 Å². The molecule has 1 N–H and O–H groups in total. The predicted molar refractivity (Wildman–Crippen MR) is 76.7 cm³/mol. The molecule has 0 fully saturated rings. The van der Waals surface area contributed by atoms with Gasteiger partial charge in [-0.1, -0.05) is 24.4 Å². The SMILES string of the molecule is CCOCc1nc(=S)cc(-c2ccccc2OC)[nH]1. The van der Waals surface area contributed by atoms with Crippen LogP contribution in [0.5, 0.6) is 5.75 Å². The van der Waals surface area contributed by atoms with E-state index in [4.69, 9.17) is 21.7 Å². The van der Waals surface area contributed by atoms with Crippen molar-refractivity contribution >= 4 is 12.2 Å². The number of nitrogens with one attached hydrogen (secondary N) is 1. The lowest BCUT2D eigenvalue weighted by atomic mass is 10.1. The van der Waals surface area contributed by atoms with E-state index in [0.717, 1.165) is 22.8 Å². The minimum absolute atomic E-state index is 0.420. The van der Waals surface area contributed by atoms with Crippen LogP contribution in [0.1, 0.15) is 12.7 Å². The number of para-hydroxylation sites is 1. The highest BCUT2D eigenvalue weighted by molar-refractivity contribution is 7.71. The lowest BCUT2D eigenvalue weighted by Crippen LogP contribution is -2.01. The zero-order chi connectivity index (χ0) is 13.7. The van der Waals surface area contributed by atoms with Crippen LogP contribution in [0.3, 0.4) is 0 Å². The Bertz CT molecular complexity index is 610. The quantitative estimate of drug-likeness (QED) is 0.851. The van der Waals surface area contributed by atoms with Gasteiger partial charge >= 0.3 is 0 Å². The first kappa shape index (κ1) is 13.7. The first-order chi connectivity index (χ1) is 9.24. The number of hydrogen-bond acceptors (Lipinski definition) is 4. The molecule has 2 rings (SSSR count). The van der Waals surface area contributed by atoms with Crippen molar-refractivity contribution in [2.24, 2.45) is 0 Å². The third-order valence-corrected chi connectivity index (χ3v) is 2.84. The second kappa shape index (κ2) is 6.45. The average molecular weight is 276 g/mol. The van der Waals surface area contributed by atoms with Gasteiger partial charge in [-0.2, -0.15) is 0 Å². The number of methoxy groups -OCH3 is 1. The van der Waals surface area contributed by atoms with Gasteiger partial charge in [0.2, 0.25) is 0 Å². The fourth-order valence-corrected chi connectivity index (χ4v) is 2.02. The Balaban J connectivity index is 2.44. The molecule has 1 heterocycles. The molecular weight excluding hydrogens is 260 g/mol. The van der Waals surface area contributed by atoms with Gasteiger partial charge in [0.15, 0.2) is 0 Å². The zero-order valence-electron chi connectivity index (χ0n) is 11.0. The molecule has 0 saturated heterocycles. The van der Waals surface area contributed by atoms with Gasteiger partial charge < -0.3 is 14.5 Å². The van der Waals surface area contributed by atoms with Crippen molar-refractivity contribution in [2.75, 3.05) is 13.7 Å². The minimum Gasteiger partial charge on any atom is -0.496 e. The number of aromatic amines is 1. The van der Waals surface area contributed by atoms with E-state index in [1.807, 2.05) is 37.3 Å². The molecule has 0 aliphatic rings. The molecule has 1 aromatic carbocycles. The van der Waals surface area contributed by atoms with E-state index in [1.165, 1.54) is 0 Å². The van der Waals surface area contributed by atoms with Crippen LogP contribution in [0.2, 0.25) is 0 Å². The molecule has 0 amide bonds. The summed E-state index contributed by atoms with van der Waals surface area (Å²) in [5, 5.41) is 0. The van der Waals surface area contributed by atoms with E-state index in [-0.39, 0.29) is 0 Å². The number of benzene rings is 1. The van der Waals surface area contributed by atoms with Gasteiger partial charge in [-0.05, 0) is 25.1 Å². The largest absolute Gasteiger partial charge is 0.496 e. The Kier molecular flexibility index (Phi) is 4.65. The molecule has 0 spiro atoms. The van der Waals surface area contributed by atoms with Gasteiger partial charge in [0, 0.05) is 12.2 Å². The molecule has 0 saturated carbocycles. The van der Waals surface area contributed by atoms with Gasteiger partial charge in [-0.15, -0.1) is 0 Å². The Morgan fingerprint density at radius 2 is 2.11 bits per heavy atom. The average Bonchev–Trinajstić information content (AvgIpc) is 2.44. The van der Waals surface area contributed by atoms with Crippen LogP contribution >= 0.6 is 12.2 Å². The van der Waals surface area contributed by atoms with Crippen LogP contribution in [-0.4, -0.2) is 23.7 Å². The van der Waals surface area contributed by atoms with E-state index in [1.54, 1.807) is 7.11 Å². The van der Waals surface area contributed by atoms with Crippen LogP contribution in [0.15, 0.2) is 30.3 Å².